The number of benzene rings is 2. The van der Waals surface area contributed by atoms with E-state index in [-0.39, 0.29) is 48.9 Å². The van der Waals surface area contributed by atoms with E-state index in [1.54, 1.807) is 11.8 Å². The SMILES string of the molecule is CC(C)[Si](C)(C)OCCC1C(=O)N([C@H](C)c2ccccc2)C[C@@]1(C)C(=O)OC(C)(C)C.C[C@H](c1ccccc1)N1C[C@@](C)(C(=O)OC(C)(C)C)C(CCO)C1=O. The maximum absolute atomic E-state index is 13.6. The second kappa shape index (κ2) is 18.4. The van der Waals surface area contributed by atoms with E-state index in [0.717, 1.165) is 11.1 Å². The molecule has 0 bridgehead atoms. The fourth-order valence-corrected chi connectivity index (χ4v) is 8.31. The summed E-state index contributed by atoms with van der Waals surface area (Å²) in [6.45, 7) is 28.4. The van der Waals surface area contributed by atoms with Crippen molar-refractivity contribution in [1.29, 1.82) is 0 Å². The first-order valence-electron chi connectivity index (χ1n) is 20.2. The minimum atomic E-state index is -1.82. The molecular formula is C45H70N2O8Si. The van der Waals surface area contributed by atoms with E-state index in [1.165, 1.54) is 0 Å². The molecule has 6 atom stereocenters. The number of aliphatic hydroxyl groups excluding tert-OH is 1. The maximum Gasteiger partial charge on any atom is 0.314 e. The monoisotopic (exact) mass is 794 g/mol. The van der Waals surface area contributed by atoms with Crippen molar-refractivity contribution in [2.75, 3.05) is 26.3 Å². The highest BCUT2D eigenvalue weighted by molar-refractivity contribution is 6.72. The number of ether oxygens (including phenoxy) is 2. The molecule has 312 valence electrons. The van der Waals surface area contributed by atoms with Gasteiger partial charge in [-0.1, -0.05) is 74.5 Å². The molecule has 2 saturated heterocycles. The second-order valence-corrected chi connectivity index (χ2v) is 23.6. The standard InChI is InChI=1S/C25H41NO4Si.C20H29NO4/c1-18(2)31(8,9)29-16-15-21-22(27)26(19(3)20-13-11-10-12-14-20)17-25(21,7)23(28)30-24(4,5)6;1-14(15-9-7-6-8-10-15)21-13-20(5,16(11-12-22)17(21)23)18(24)25-19(2,3)4/h10-14,18-19,21H,15-17H2,1-9H3;6-10,14,16,22H,11-13H2,1-5H3/t19-,21?,25-;14-,16?,20-/m11/s1. The fraction of sp³-hybridized carbons (Fsp3) is 0.644. The van der Waals surface area contributed by atoms with Crippen LogP contribution in [0.25, 0.3) is 0 Å². The summed E-state index contributed by atoms with van der Waals surface area (Å²) in [4.78, 5) is 56.3. The third kappa shape index (κ3) is 11.3. The van der Waals surface area contributed by atoms with Crippen LogP contribution in [0.1, 0.15) is 119 Å². The van der Waals surface area contributed by atoms with Crippen LogP contribution in [0.15, 0.2) is 60.7 Å². The van der Waals surface area contributed by atoms with E-state index in [0.29, 0.717) is 31.7 Å². The Bertz CT molecular complexity index is 1640. The summed E-state index contributed by atoms with van der Waals surface area (Å²) >= 11 is 0. The molecular weight excluding hydrogens is 725 g/mol. The van der Waals surface area contributed by atoms with Gasteiger partial charge in [0.15, 0.2) is 8.32 Å². The summed E-state index contributed by atoms with van der Waals surface area (Å²) in [5.74, 6) is -1.80. The van der Waals surface area contributed by atoms with E-state index in [4.69, 9.17) is 13.9 Å². The van der Waals surface area contributed by atoms with Crippen LogP contribution in [0.4, 0.5) is 0 Å². The van der Waals surface area contributed by atoms with Gasteiger partial charge < -0.3 is 28.8 Å². The molecule has 10 nitrogen and oxygen atoms in total. The molecule has 2 aromatic rings. The quantitative estimate of drug-likeness (QED) is 0.158. The smallest absolute Gasteiger partial charge is 0.314 e. The van der Waals surface area contributed by atoms with Crippen molar-refractivity contribution in [3.63, 3.8) is 0 Å². The van der Waals surface area contributed by atoms with E-state index < -0.39 is 42.2 Å². The van der Waals surface area contributed by atoms with E-state index in [1.807, 2.05) is 128 Å². The third-order valence-electron chi connectivity index (χ3n) is 11.6. The Morgan fingerprint density at radius 2 is 1.07 bits per heavy atom. The van der Waals surface area contributed by atoms with Crippen molar-refractivity contribution in [3.05, 3.63) is 71.8 Å². The summed E-state index contributed by atoms with van der Waals surface area (Å²) in [5.41, 5.74) is -0.518. The molecule has 4 rings (SSSR count). The molecule has 2 unspecified atom stereocenters. The molecule has 2 heterocycles. The molecule has 0 aromatic heterocycles. The molecule has 2 aliphatic heterocycles. The topological polar surface area (TPSA) is 123 Å². The number of aliphatic hydroxyl groups is 1. The van der Waals surface area contributed by atoms with Crippen molar-refractivity contribution in [1.82, 2.24) is 9.80 Å². The summed E-state index contributed by atoms with van der Waals surface area (Å²) in [5, 5.41) is 9.41. The lowest BCUT2D eigenvalue weighted by molar-refractivity contribution is -0.170. The zero-order valence-corrected chi connectivity index (χ0v) is 37.6. The van der Waals surface area contributed by atoms with Crippen molar-refractivity contribution in [2.45, 2.75) is 138 Å². The minimum absolute atomic E-state index is 0.0114. The van der Waals surface area contributed by atoms with Crippen LogP contribution in [0.2, 0.25) is 18.6 Å². The summed E-state index contributed by atoms with van der Waals surface area (Å²) < 4.78 is 17.6. The molecule has 0 saturated carbocycles. The highest BCUT2D eigenvalue weighted by Gasteiger charge is 2.57. The first kappa shape index (κ1) is 46.8. The summed E-state index contributed by atoms with van der Waals surface area (Å²) in [6.07, 6.45) is 0.780. The third-order valence-corrected chi connectivity index (χ3v) is 15.3. The largest absolute Gasteiger partial charge is 0.459 e. The Hall–Kier alpha value is -3.54. The van der Waals surface area contributed by atoms with E-state index in [2.05, 4.69) is 26.9 Å². The van der Waals surface area contributed by atoms with Crippen LogP contribution >= 0.6 is 0 Å². The Kier molecular flexibility index (Phi) is 15.4. The summed E-state index contributed by atoms with van der Waals surface area (Å²) in [6, 6.07) is 19.5. The van der Waals surface area contributed by atoms with Crippen molar-refractivity contribution in [2.24, 2.45) is 22.7 Å². The number of esters is 2. The lowest BCUT2D eigenvalue weighted by atomic mass is 9.78. The van der Waals surface area contributed by atoms with Gasteiger partial charge in [0.2, 0.25) is 11.8 Å². The predicted molar refractivity (Wildman–Crippen MR) is 223 cm³/mol. The number of carbonyl (C=O) groups excluding carboxylic acids is 4. The van der Waals surface area contributed by atoms with E-state index >= 15 is 0 Å². The Balaban J connectivity index is 0.000000307. The fourth-order valence-electron chi connectivity index (χ4n) is 7.33. The number of carbonyl (C=O) groups is 4. The highest BCUT2D eigenvalue weighted by atomic mass is 28.4. The molecule has 2 fully saturated rings. The van der Waals surface area contributed by atoms with Gasteiger partial charge in [0, 0.05) is 26.3 Å². The Morgan fingerprint density at radius 3 is 1.39 bits per heavy atom. The lowest BCUT2D eigenvalue weighted by Gasteiger charge is -2.32. The van der Waals surface area contributed by atoms with Gasteiger partial charge in [-0.2, -0.15) is 0 Å². The molecule has 1 N–H and O–H groups in total. The molecule has 0 spiro atoms. The lowest BCUT2D eigenvalue weighted by Crippen LogP contribution is -2.42. The van der Waals surface area contributed by atoms with Crippen molar-refractivity contribution >= 4 is 32.1 Å². The Labute approximate surface area is 337 Å². The highest BCUT2D eigenvalue weighted by Crippen LogP contribution is 2.45. The van der Waals surface area contributed by atoms with Gasteiger partial charge in [-0.25, -0.2) is 0 Å². The van der Waals surface area contributed by atoms with Gasteiger partial charge in [-0.3, -0.25) is 19.2 Å². The number of hydrogen-bond acceptors (Lipinski definition) is 8. The number of likely N-dealkylation sites (tertiary alicyclic amines) is 2. The average Bonchev–Trinajstić information content (AvgIpc) is 3.53. The molecule has 11 heteroatoms. The van der Waals surface area contributed by atoms with Crippen LogP contribution in [-0.2, 0) is 33.1 Å². The Morgan fingerprint density at radius 1 is 0.714 bits per heavy atom. The van der Waals surface area contributed by atoms with Gasteiger partial charge in [-0.05, 0) is 112 Å². The van der Waals surface area contributed by atoms with Crippen molar-refractivity contribution in [3.8, 4) is 0 Å². The first-order chi connectivity index (χ1) is 25.8. The van der Waals surface area contributed by atoms with E-state index in [9.17, 15) is 24.3 Å². The first-order valence-corrected chi connectivity index (χ1v) is 23.2. The molecule has 2 aliphatic rings. The normalized spacial score (nSPS) is 24.1. The minimum Gasteiger partial charge on any atom is -0.459 e. The molecule has 2 aromatic carbocycles. The second-order valence-electron chi connectivity index (χ2n) is 19.0. The van der Waals surface area contributed by atoms with Gasteiger partial charge in [0.25, 0.3) is 0 Å². The van der Waals surface area contributed by atoms with Crippen LogP contribution in [-0.4, -0.2) is 84.5 Å². The van der Waals surface area contributed by atoms with Gasteiger partial charge in [-0.15, -0.1) is 0 Å². The van der Waals surface area contributed by atoms with Gasteiger partial charge in [0.1, 0.15) is 11.2 Å². The number of amides is 2. The van der Waals surface area contributed by atoms with Crippen LogP contribution in [0, 0.1) is 22.7 Å². The van der Waals surface area contributed by atoms with Gasteiger partial charge in [0.05, 0.1) is 34.7 Å². The zero-order chi connectivity index (χ0) is 42.4. The molecule has 2 amide bonds. The van der Waals surface area contributed by atoms with Gasteiger partial charge >= 0.3 is 11.9 Å². The number of rotatable bonds is 13. The van der Waals surface area contributed by atoms with Crippen LogP contribution in [0.3, 0.4) is 0 Å². The molecule has 0 aliphatic carbocycles. The summed E-state index contributed by atoms with van der Waals surface area (Å²) in [7, 11) is -1.82. The zero-order valence-electron chi connectivity index (χ0n) is 36.6. The average molecular weight is 795 g/mol. The predicted octanol–water partition coefficient (Wildman–Crippen LogP) is 8.51. The number of nitrogens with zero attached hydrogens (tertiary/aromatic N) is 2. The van der Waals surface area contributed by atoms with Crippen molar-refractivity contribution < 1.29 is 38.2 Å². The van der Waals surface area contributed by atoms with Crippen LogP contribution < -0.4 is 0 Å². The maximum atomic E-state index is 13.6. The molecule has 0 radical (unpaired) electrons. The number of hydrogen-bond donors (Lipinski definition) is 1. The molecule has 56 heavy (non-hydrogen) atoms. The van der Waals surface area contributed by atoms with Crippen LogP contribution in [0.5, 0.6) is 0 Å².